The monoisotopic (exact) mass is 182 g/mol. The van der Waals surface area contributed by atoms with Crippen molar-refractivity contribution in [1.29, 1.82) is 0 Å². The Morgan fingerprint density at radius 1 is 1.15 bits per heavy atom. The van der Waals surface area contributed by atoms with Crippen molar-refractivity contribution in [2.24, 2.45) is 5.41 Å². The van der Waals surface area contributed by atoms with Gasteiger partial charge in [-0.15, -0.1) is 0 Å². The molecular formula is C11H15FO. The van der Waals surface area contributed by atoms with E-state index in [1.165, 1.54) is 12.1 Å². The molecule has 13 heavy (non-hydrogen) atoms. The van der Waals surface area contributed by atoms with Gasteiger partial charge >= 0.3 is 0 Å². The first kappa shape index (κ1) is 10.0. The molecular weight excluding hydrogens is 167 g/mol. The van der Waals surface area contributed by atoms with Crippen LogP contribution in [0.1, 0.15) is 20.8 Å². The summed E-state index contributed by atoms with van der Waals surface area (Å²) in [5.41, 5.74) is 0.133. The van der Waals surface area contributed by atoms with Gasteiger partial charge in [0.1, 0.15) is 11.6 Å². The van der Waals surface area contributed by atoms with Crippen LogP contribution in [0.3, 0.4) is 0 Å². The van der Waals surface area contributed by atoms with Crippen molar-refractivity contribution in [3.63, 3.8) is 0 Å². The van der Waals surface area contributed by atoms with Crippen molar-refractivity contribution in [3.05, 3.63) is 30.1 Å². The van der Waals surface area contributed by atoms with E-state index in [4.69, 9.17) is 4.74 Å². The van der Waals surface area contributed by atoms with Gasteiger partial charge in [0, 0.05) is 0 Å². The molecule has 1 rings (SSSR count). The van der Waals surface area contributed by atoms with E-state index in [-0.39, 0.29) is 11.2 Å². The molecule has 1 nitrogen and oxygen atoms in total. The lowest BCUT2D eigenvalue weighted by Gasteiger charge is -2.18. The van der Waals surface area contributed by atoms with Gasteiger partial charge < -0.3 is 4.74 Å². The molecule has 0 N–H and O–H groups in total. The zero-order chi connectivity index (χ0) is 9.90. The van der Waals surface area contributed by atoms with Gasteiger partial charge in [0.15, 0.2) is 0 Å². The van der Waals surface area contributed by atoms with Crippen LogP contribution < -0.4 is 4.74 Å². The summed E-state index contributed by atoms with van der Waals surface area (Å²) in [6, 6.07) is 6.08. The minimum absolute atomic E-state index is 0.133. The molecule has 0 aromatic heterocycles. The summed E-state index contributed by atoms with van der Waals surface area (Å²) < 4.78 is 18.0. The van der Waals surface area contributed by atoms with Crippen LogP contribution in [-0.2, 0) is 0 Å². The summed E-state index contributed by atoms with van der Waals surface area (Å²) in [7, 11) is 0. The van der Waals surface area contributed by atoms with Gasteiger partial charge in [-0.3, -0.25) is 0 Å². The molecule has 1 aromatic carbocycles. The third-order valence-corrected chi connectivity index (χ3v) is 1.49. The van der Waals surface area contributed by atoms with Gasteiger partial charge in [-0.25, -0.2) is 4.39 Å². The summed E-state index contributed by atoms with van der Waals surface area (Å²) in [5.74, 6) is 0.486. The Hall–Kier alpha value is -1.05. The molecule has 0 aliphatic heterocycles. The van der Waals surface area contributed by atoms with Crippen LogP contribution in [0.25, 0.3) is 0 Å². The zero-order valence-electron chi connectivity index (χ0n) is 8.30. The number of halogens is 1. The molecule has 0 unspecified atom stereocenters. The second kappa shape index (κ2) is 3.77. The largest absolute Gasteiger partial charge is 0.493 e. The maximum absolute atomic E-state index is 12.5. The molecule has 0 radical (unpaired) electrons. The highest BCUT2D eigenvalue weighted by molar-refractivity contribution is 5.22. The zero-order valence-corrected chi connectivity index (χ0v) is 8.30. The molecule has 0 heterocycles. The van der Waals surface area contributed by atoms with Gasteiger partial charge in [0.25, 0.3) is 0 Å². The second-order valence-electron chi connectivity index (χ2n) is 4.30. The third kappa shape index (κ3) is 3.92. The molecule has 0 amide bonds. The van der Waals surface area contributed by atoms with E-state index in [2.05, 4.69) is 20.8 Å². The number of hydrogen-bond acceptors (Lipinski definition) is 1. The first-order chi connectivity index (χ1) is 5.97. The number of ether oxygens (including phenoxy) is 1. The summed E-state index contributed by atoms with van der Waals surface area (Å²) >= 11 is 0. The minimum atomic E-state index is -0.233. The Kier molecular flexibility index (Phi) is 2.91. The lowest BCUT2D eigenvalue weighted by atomic mass is 9.99. The van der Waals surface area contributed by atoms with Crippen molar-refractivity contribution >= 4 is 0 Å². The van der Waals surface area contributed by atoms with Crippen molar-refractivity contribution < 1.29 is 9.13 Å². The van der Waals surface area contributed by atoms with Crippen LogP contribution >= 0.6 is 0 Å². The molecule has 0 aliphatic rings. The van der Waals surface area contributed by atoms with Crippen LogP contribution in [-0.4, -0.2) is 6.61 Å². The Morgan fingerprint density at radius 2 is 1.69 bits per heavy atom. The van der Waals surface area contributed by atoms with Gasteiger partial charge in [0.05, 0.1) is 6.61 Å². The highest BCUT2D eigenvalue weighted by Gasteiger charge is 2.10. The minimum Gasteiger partial charge on any atom is -0.493 e. The third-order valence-electron chi connectivity index (χ3n) is 1.49. The van der Waals surface area contributed by atoms with E-state index >= 15 is 0 Å². The summed E-state index contributed by atoms with van der Waals surface area (Å²) in [5, 5.41) is 0. The summed E-state index contributed by atoms with van der Waals surface area (Å²) in [6.07, 6.45) is 0. The van der Waals surface area contributed by atoms with Gasteiger partial charge in [-0.05, 0) is 29.7 Å². The first-order valence-electron chi connectivity index (χ1n) is 4.36. The first-order valence-corrected chi connectivity index (χ1v) is 4.36. The van der Waals surface area contributed by atoms with Crippen molar-refractivity contribution in [2.75, 3.05) is 6.61 Å². The molecule has 2 heteroatoms. The highest BCUT2D eigenvalue weighted by atomic mass is 19.1. The smallest absolute Gasteiger partial charge is 0.123 e. The van der Waals surface area contributed by atoms with Crippen molar-refractivity contribution in [2.45, 2.75) is 20.8 Å². The molecule has 0 spiro atoms. The van der Waals surface area contributed by atoms with E-state index in [0.717, 1.165) is 5.75 Å². The average molecular weight is 182 g/mol. The van der Waals surface area contributed by atoms with Crippen molar-refractivity contribution in [1.82, 2.24) is 0 Å². The molecule has 0 saturated heterocycles. The molecule has 0 aliphatic carbocycles. The van der Waals surface area contributed by atoms with Crippen LogP contribution in [0.2, 0.25) is 0 Å². The summed E-state index contributed by atoms with van der Waals surface area (Å²) in [4.78, 5) is 0. The Morgan fingerprint density at radius 3 is 2.15 bits per heavy atom. The van der Waals surface area contributed by atoms with Crippen LogP contribution in [0.5, 0.6) is 5.75 Å². The fraction of sp³-hybridized carbons (Fsp3) is 0.455. The van der Waals surface area contributed by atoms with Gasteiger partial charge in [-0.2, -0.15) is 0 Å². The molecule has 0 atom stereocenters. The number of benzene rings is 1. The lowest BCUT2D eigenvalue weighted by molar-refractivity contribution is 0.198. The number of rotatable bonds is 2. The quantitative estimate of drug-likeness (QED) is 0.682. The van der Waals surface area contributed by atoms with Crippen LogP contribution in [0, 0.1) is 11.2 Å². The summed E-state index contributed by atoms with van der Waals surface area (Å²) in [6.45, 7) is 6.92. The van der Waals surface area contributed by atoms with Crippen LogP contribution in [0.15, 0.2) is 24.3 Å². The predicted molar refractivity (Wildman–Crippen MR) is 51.4 cm³/mol. The lowest BCUT2D eigenvalue weighted by Crippen LogP contribution is -2.16. The maximum Gasteiger partial charge on any atom is 0.123 e. The number of hydrogen-bond donors (Lipinski definition) is 0. The Bertz CT molecular complexity index is 258. The maximum atomic E-state index is 12.5. The highest BCUT2D eigenvalue weighted by Crippen LogP contribution is 2.17. The fourth-order valence-corrected chi connectivity index (χ4v) is 0.831. The van der Waals surface area contributed by atoms with Gasteiger partial charge in [0.2, 0.25) is 0 Å². The Labute approximate surface area is 78.5 Å². The molecule has 0 bridgehead atoms. The van der Waals surface area contributed by atoms with E-state index in [0.29, 0.717) is 6.61 Å². The topological polar surface area (TPSA) is 9.23 Å². The second-order valence-corrected chi connectivity index (χ2v) is 4.30. The van der Waals surface area contributed by atoms with E-state index in [1.54, 1.807) is 12.1 Å². The standard InChI is InChI=1S/C11H15FO/c1-11(2,3)8-13-10-6-4-9(12)5-7-10/h4-7H,8H2,1-3H3. The SMILES string of the molecule is CC(C)(C)COc1ccc(F)cc1. The van der Waals surface area contributed by atoms with E-state index in [9.17, 15) is 4.39 Å². The van der Waals surface area contributed by atoms with E-state index in [1.807, 2.05) is 0 Å². The fourth-order valence-electron chi connectivity index (χ4n) is 0.831. The molecule has 1 aromatic rings. The van der Waals surface area contributed by atoms with Crippen molar-refractivity contribution in [3.8, 4) is 5.75 Å². The Balaban J connectivity index is 2.51. The van der Waals surface area contributed by atoms with Gasteiger partial charge in [-0.1, -0.05) is 20.8 Å². The average Bonchev–Trinajstić information content (AvgIpc) is 2.02. The molecule has 0 saturated carbocycles. The predicted octanol–water partition coefficient (Wildman–Crippen LogP) is 3.25. The molecule has 72 valence electrons. The van der Waals surface area contributed by atoms with Crippen LogP contribution in [0.4, 0.5) is 4.39 Å². The molecule has 0 fully saturated rings. The normalized spacial score (nSPS) is 11.4. The van der Waals surface area contributed by atoms with E-state index < -0.39 is 0 Å².